The number of sulfonamides is 1. The van der Waals surface area contributed by atoms with Gasteiger partial charge in [-0.1, -0.05) is 11.6 Å². The monoisotopic (exact) mass is 517 g/mol. The maximum Gasteiger partial charge on any atom is 0.263 e. The summed E-state index contributed by atoms with van der Waals surface area (Å²) in [6.45, 7) is 6.14. The molecule has 3 aromatic rings. The Labute approximate surface area is 211 Å². The molecule has 0 aliphatic carbocycles. The Morgan fingerprint density at radius 2 is 1.74 bits per heavy atom. The lowest BCUT2D eigenvalue weighted by Crippen LogP contribution is -2.50. The second-order valence-electron chi connectivity index (χ2n) is 8.22. The minimum absolute atomic E-state index is 0. The molecule has 4 rings (SSSR count). The second kappa shape index (κ2) is 10.5. The molecule has 1 amide bonds. The van der Waals surface area contributed by atoms with Crippen LogP contribution in [0, 0.1) is 13.8 Å². The van der Waals surface area contributed by atoms with Gasteiger partial charge in [-0.2, -0.15) is 0 Å². The minimum atomic E-state index is -3.75. The molecular weight excluding hydrogens is 490 g/mol. The number of hydrogen-bond acceptors (Lipinski definition) is 7. The number of benzene rings is 2. The number of aryl methyl sites for hydroxylation is 2. The molecule has 1 N–H and O–H groups in total. The van der Waals surface area contributed by atoms with Crippen LogP contribution in [0.4, 0.5) is 11.5 Å². The zero-order valence-electron chi connectivity index (χ0n) is 19.4. The van der Waals surface area contributed by atoms with Gasteiger partial charge in [0.2, 0.25) is 0 Å². The molecule has 11 heteroatoms. The number of aromatic nitrogens is 2. The highest BCUT2D eigenvalue weighted by Crippen LogP contribution is 2.26. The van der Waals surface area contributed by atoms with Crippen LogP contribution in [0.2, 0.25) is 5.02 Å². The Balaban J connectivity index is 0.00000361. The zero-order valence-corrected chi connectivity index (χ0v) is 21.0. The van der Waals surface area contributed by atoms with E-state index >= 15 is 0 Å². The highest BCUT2D eigenvalue weighted by atomic mass is 35.5. The average molecular weight is 518 g/mol. The summed E-state index contributed by atoms with van der Waals surface area (Å²) in [5.41, 5.74) is 2.71. The van der Waals surface area contributed by atoms with Crippen molar-refractivity contribution in [2.24, 2.45) is 0 Å². The first-order chi connectivity index (χ1) is 16.7. The molecule has 1 aliphatic rings. The Bertz CT molecular complexity index is 1280. The number of anilines is 2. The maximum absolute atomic E-state index is 12.6. The van der Waals surface area contributed by atoms with E-state index in [1.54, 1.807) is 29.2 Å². The van der Waals surface area contributed by atoms with Crippen molar-refractivity contribution in [2.75, 3.05) is 42.4 Å². The molecule has 0 spiro atoms. The SMILES string of the molecule is Cc1cc(OCC(=O)N2CCN(c3ccc(S(=O)(=O)Nc4ccncn4)cc3)CC2)cc(C)c1Cl.[HH]. The topological polar surface area (TPSA) is 105 Å². The van der Waals surface area contributed by atoms with E-state index in [-0.39, 0.29) is 24.7 Å². The number of rotatable bonds is 7. The summed E-state index contributed by atoms with van der Waals surface area (Å²) in [5.74, 6) is 0.753. The number of amides is 1. The normalized spacial score (nSPS) is 14.0. The summed E-state index contributed by atoms with van der Waals surface area (Å²) in [6, 6.07) is 11.8. The molecule has 0 radical (unpaired) electrons. The van der Waals surface area contributed by atoms with Gasteiger partial charge in [-0.05, 0) is 67.4 Å². The van der Waals surface area contributed by atoms with E-state index in [1.165, 1.54) is 18.6 Å². The number of nitrogens with zero attached hydrogens (tertiary/aromatic N) is 4. The fourth-order valence-electron chi connectivity index (χ4n) is 3.82. The van der Waals surface area contributed by atoms with Gasteiger partial charge in [-0.3, -0.25) is 9.52 Å². The molecule has 2 aromatic carbocycles. The highest BCUT2D eigenvalue weighted by molar-refractivity contribution is 7.92. The summed E-state index contributed by atoms with van der Waals surface area (Å²) >= 11 is 6.19. The highest BCUT2D eigenvalue weighted by Gasteiger charge is 2.22. The zero-order chi connectivity index (χ0) is 25.0. The van der Waals surface area contributed by atoms with Gasteiger partial charge in [0.05, 0.1) is 4.90 Å². The van der Waals surface area contributed by atoms with E-state index in [0.717, 1.165) is 16.8 Å². The lowest BCUT2D eigenvalue weighted by Gasteiger charge is -2.36. The number of ether oxygens (including phenoxy) is 1. The fraction of sp³-hybridized carbons (Fsp3) is 0.292. The van der Waals surface area contributed by atoms with E-state index in [0.29, 0.717) is 37.0 Å². The van der Waals surface area contributed by atoms with E-state index < -0.39 is 10.0 Å². The third-order valence-electron chi connectivity index (χ3n) is 5.74. The number of hydrogen-bond donors (Lipinski definition) is 1. The lowest BCUT2D eigenvalue weighted by atomic mass is 10.1. The minimum Gasteiger partial charge on any atom is -0.484 e. The quantitative estimate of drug-likeness (QED) is 0.511. The molecule has 2 heterocycles. The van der Waals surface area contributed by atoms with Crippen LogP contribution in [0.1, 0.15) is 12.6 Å². The smallest absolute Gasteiger partial charge is 0.263 e. The van der Waals surface area contributed by atoms with Crippen LogP contribution in [0.5, 0.6) is 5.75 Å². The van der Waals surface area contributed by atoms with Crippen molar-refractivity contribution in [1.29, 1.82) is 0 Å². The van der Waals surface area contributed by atoms with Crippen molar-refractivity contribution in [2.45, 2.75) is 18.7 Å². The average Bonchev–Trinajstić information content (AvgIpc) is 2.86. The molecule has 0 atom stereocenters. The molecule has 186 valence electrons. The predicted octanol–water partition coefficient (Wildman–Crippen LogP) is 3.52. The van der Waals surface area contributed by atoms with Gasteiger partial charge < -0.3 is 14.5 Å². The summed E-state index contributed by atoms with van der Waals surface area (Å²) in [6.07, 6.45) is 2.74. The molecular formula is C24H28ClN5O4S. The Hall–Kier alpha value is -3.37. The van der Waals surface area contributed by atoms with E-state index in [1.807, 2.05) is 26.0 Å². The molecule has 9 nitrogen and oxygen atoms in total. The number of halogens is 1. The van der Waals surface area contributed by atoms with Gasteiger partial charge in [-0.15, -0.1) is 0 Å². The number of nitrogens with one attached hydrogen (secondary N) is 1. The molecule has 0 saturated carbocycles. The van der Waals surface area contributed by atoms with Crippen molar-refractivity contribution < 1.29 is 19.4 Å². The number of carbonyl (C=O) groups excluding carboxylic acids is 1. The van der Waals surface area contributed by atoms with Crippen LogP contribution in [-0.2, 0) is 14.8 Å². The van der Waals surface area contributed by atoms with Gasteiger partial charge in [0.25, 0.3) is 15.9 Å². The van der Waals surface area contributed by atoms with Crippen molar-refractivity contribution >= 4 is 39.0 Å². The summed E-state index contributed by atoms with van der Waals surface area (Å²) < 4.78 is 33.3. The summed E-state index contributed by atoms with van der Waals surface area (Å²) in [7, 11) is -3.75. The third-order valence-corrected chi connectivity index (χ3v) is 7.70. The van der Waals surface area contributed by atoms with Gasteiger partial charge >= 0.3 is 0 Å². The second-order valence-corrected chi connectivity index (χ2v) is 10.3. The predicted molar refractivity (Wildman–Crippen MR) is 137 cm³/mol. The van der Waals surface area contributed by atoms with Gasteiger partial charge in [0, 0.05) is 44.5 Å². The standard InChI is InChI=1S/C24H26ClN5O4S.H2/c1-17-13-20(14-18(2)24(17)25)34-15-23(31)30-11-9-29(10-12-30)19-3-5-21(6-4-19)35(32,33)28-22-7-8-26-16-27-22;/h3-8,13-14,16H,9-12,15H2,1-2H3,(H,26,27,28);1H. The van der Waals surface area contributed by atoms with Crippen LogP contribution >= 0.6 is 11.6 Å². The fourth-order valence-corrected chi connectivity index (χ4v) is 4.94. The lowest BCUT2D eigenvalue weighted by molar-refractivity contribution is -0.133. The first-order valence-corrected chi connectivity index (χ1v) is 12.9. The molecule has 35 heavy (non-hydrogen) atoms. The number of carbonyl (C=O) groups is 1. The Morgan fingerprint density at radius 1 is 1.09 bits per heavy atom. The Morgan fingerprint density at radius 3 is 2.34 bits per heavy atom. The van der Waals surface area contributed by atoms with Crippen LogP contribution in [-0.4, -0.2) is 62.0 Å². The van der Waals surface area contributed by atoms with E-state index in [4.69, 9.17) is 16.3 Å². The molecule has 0 unspecified atom stereocenters. The summed E-state index contributed by atoms with van der Waals surface area (Å²) in [5, 5.41) is 0.701. The third kappa shape index (κ3) is 6.01. The molecule has 1 aliphatic heterocycles. The number of piperazine rings is 1. The van der Waals surface area contributed by atoms with Crippen molar-refractivity contribution in [1.82, 2.24) is 14.9 Å². The molecule has 1 fully saturated rings. The van der Waals surface area contributed by atoms with Gasteiger partial charge in [-0.25, -0.2) is 18.4 Å². The first-order valence-electron chi connectivity index (χ1n) is 11.0. The van der Waals surface area contributed by atoms with E-state index in [2.05, 4.69) is 19.6 Å². The van der Waals surface area contributed by atoms with Crippen LogP contribution in [0.25, 0.3) is 0 Å². The van der Waals surface area contributed by atoms with Crippen LogP contribution in [0.15, 0.2) is 59.9 Å². The molecule has 1 aromatic heterocycles. The van der Waals surface area contributed by atoms with Crippen molar-refractivity contribution in [3.05, 3.63) is 71.1 Å². The molecule has 1 saturated heterocycles. The molecule has 0 bridgehead atoms. The maximum atomic E-state index is 12.6. The van der Waals surface area contributed by atoms with Crippen molar-refractivity contribution in [3.63, 3.8) is 0 Å². The van der Waals surface area contributed by atoms with Crippen LogP contribution < -0.4 is 14.4 Å². The first kappa shape index (κ1) is 24.7. The van der Waals surface area contributed by atoms with Crippen molar-refractivity contribution in [3.8, 4) is 5.75 Å². The van der Waals surface area contributed by atoms with Gasteiger partial charge in [0.15, 0.2) is 6.61 Å². The van der Waals surface area contributed by atoms with Gasteiger partial charge in [0.1, 0.15) is 17.9 Å². The Kier molecular flexibility index (Phi) is 7.42. The van der Waals surface area contributed by atoms with E-state index in [9.17, 15) is 13.2 Å². The largest absolute Gasteiger partial charge is 0.484 e. The summed E-state index contributed by atoms with van der Waals surface area (Å²) in [4.78, 5) is 24.3. The van der Waals surface area contributed by atoms with Crippen LogP contribution in [0.3, 0.4) is 0 Å².